The summed E-state index contributed by atoms with van der Waals surface area (Å²) in [5.74, 6) is -0.0311. The number of sulfone groups is 1. The number of benzene rings is 1. The van der Waals surface area contributed by atoms with Crippen LogP contribution in [0.3, 0.4) is 0 Å². The third-order valence-electron chi connectivity index (χ3n) is 3.36. The highest BCUT2D eigenvalue weighted by Gasteiger charge is 2.33. The van der Waals surface area contributed by atoms with Gasteiger partial charge in [0.1, 0.15) is 15.7 Å². The van der Waals surface area contributed by atoms with Gasteiger partial charge < -0.3 is 0 Å². The monoisotopic (exact) mass is 428 g/mol. The topological polar surface area (TPSA) is 34.1 Å². The minimum absolute atomic E-state index is 0.0758. The number of hydrogen-bond acceptors (Lipinski definition) is 2. The molecule has 6 heteroatoms. The summed E-state index contributed by atoms with van der Waals surface area (Å²) < 4.78 is 37.8. The van der Waals surface area contributed by atoms with Crippen molar-refractivity contribution >= 4 is 41.7 Å². The number of halogens is 3. The van der Waals surface area contributed by atoms with Gasteiger partial charge in [-0.1, -0.05) is 57.0 Å². The lowest BCUT2D eigenvalue weighted by atomic mass is 9.82. The van der Waals surface area contributed by atoms with Gasteiger partial charge in [-0.15, -0.1) is 0 Å². The van der Waals surface area contributed by atoms with E-state index < -0.39 is 15.3 Å². The highest BCUT2D eigenvalue weighted by molar-refractivity contribution is 9.09. The Labute approximate surface area is 137 Å². The van der Waals surface area contributed by atoms with Gasteiger partial charge >= 0.3 is 0 Å². The lowest BCUT2D eigenvalue weighted by Crippen LogP contribution is -2.34. The van der Waals surface area contributed by atoms with Crippen LogP contribution in [-0.4, -0.2) is 30.6 Å². The maximum absolute atomic E-state index is 14.0. The van der Waals surface area contributed by atoms with Crippen molar-refractivity contribution in [3.63, 3.8) is 0 Å². The maximum Gasteiger partial charge on any atom is 0.150 e. The molecule has 0 N–H and O–H groups in total. The first kappa shape index (κ1) is 18.1. The standard InChI is InChI=1S/C14H19Br2FO2S/c1-2-8-20(18,19)9-7-14(10-15,11-16)12-5-3-4-6-13(12)17/h3-6H,2,7-11H2,1H3. The predicted octanol–water partition coefficient (Wildman–Crippen LogP) is 4.07. The van der Waals surface area contributed by atoms with Crippen molar-refractivity contribution in [1.29, 1.82) is 0 Å². The minimum Gasteiger partial charge on any atom is -0.229 e. The van der Waals surface area contributed by atoms with Gasteiger partial charge in [0, 0.05) is 21.8 Å². The molecule has 1 aromatic carbocycles. The van der Waals surface area contributed by atoms with Crippen LogP contribution < -0.4 is 0 Å². The second kappa shape index (κ2) is 7.90. The van der Waals surface area contributed by atoms with Gasteiger partial charge in [-0.2, -0.15) is 0 Å². The van der Waals surface area contributed by atoms with E-state index in [1.807, 2.05) is 6.92 Å². The van der Waals surface area contributed by atoms with E-state index in [-0.39, 0.29) is 17.3 Å². The van der Waals surface area contributed by atoms with Crippen molar-refractivity contribution in [2.75, 3.05) is 22.2 Å². The average molecular weight is 430 g/mol. The molecule has 0 bridgehead atoms. The Balaban J connectivity index is 3.02. The summed E-state index contributed by atoms with van der Waals surface area (Å²) >= 11 is 6.84. The van der Waals surface area contributed by atoms with Crippen molar-refractivity contribution in [2.45, 2.75) is 25.2 Å². The molecule has 0 amide bonds. The zero-order valence-electron chi connectivity index (χ0n) is 11.4. The van der Waals surface area contributed by atoms with Crippen LogP contribution in [0.1, 0.15) is 25.3 Å². The van der Waals surface area contributed by atoms with Crippen LogP contribution in [0, 0.1) is 5.82 Å². The molecule has 0 aliphatic rings. The first-order valence-corrected chi connectivity index (χ1v) is 10.5. The van der Waals surface area contributed by atoms with E-state index in [9.17, 15) is 12.8 Å². The van der Waals surface area contributed by atoms with Gasteiger partial charge in [-0.25, -0.2) is 12.8 Å². The van der Waals surface area contributed by atoms with Crippen LogP contribution in [0.2, 0.25) is 0 Å². The Morgan fingerprint density at radius 3 is 2.25 bits per heavy atom. The fourth-order valence-corrected chi connectivity index (χ4v) is 5.72. The quantitative estimate of drug-likeness (QED) is 0.583. The molecule has 0 aromatic heterocycles. The molecule has 0 saturated carbocycles. The number of alkyl halides is 2. The average Bonchev–Trinajstić information content (AvgIpc) is 2.42. The fraction of sp³-hybridized carbons (Fsp3) is 0.571. The van der Waals surface area contributed by atoms with Crippen LogP contribution in [0.25, 0.3) is 0 Å². The third kappa shape index (κ3) is 4.53. The van der Waals surface area contributed by atoms with Crippen LogP contribution in [0.15, 0.2) is 24.3 Å². The van der Waals surface area contributed by atoms with Crippen LogP contribution in [0.4, 0.5) is 4.39 Å². The highest BCUT2D eigenvalue weighted by Crippen LogP contribution is 2.34. The fourth-order valence-electron chi connectivity index (χ4n) is 2.10. The Kier molecular flexibility index (Phi) is 7.15. The van der Waals surface area contributed by atoms with E-state index in [0.717, 1.165) is 0 Å². The maximum atomic E-state index is 14.0. The molecule has 0 aliphatic heterocycles. The Bertz CT molecular complexity index is 528. The molecule has 1 aromatic rings. The SMILES string of the molecule is CCCS(=O)(=O)CCC(CBr)(CBr)c1ccccc1F. The Morgan fingerprint density at radius 1 is 1.15 bits per heavy atom. The minimum atomic E-state index is -3.07. The summed E-state index contributed by atoms with van der Waals surface area (Å²) in [5, 5.41) is 1.02. The summed E-state index contributed by atoms with van der Waals surface area (Å²) in [6.45, 7) is 1.84. The van der Waals surface area contributed by atoms with Crippen LogP contribution in [-0.2, 0) is 15.3 Å². The Hall–Kier alpha value is 0.0600. The van der Waals surface area contributed by atoms with Gasteiger partial charge in [0.25, 0.3) is 0 Å². The summed E-state index contributed by atoms with van der Waals surface area (Å²) in [6, 6.07) is 6.55. The molecular weight excluding hydrogens is 411 g/mol. The lowest BCUT2D eigenvalue weighted by molar-refractivity contribution is 0.485. The van der Waals surface area contributed by atoms with E-state index in [2.05, 4.69) is 31.9 Å². The highest BCUT2D eigenvalue weighted by atomic mass is 79.9. The van der Waals surface area contributed by atoms with E-state index in [0.29, 0.717) is 29.1 Å². The molecule has 114 valence electrons. The second-order valence-electron chi connectivity index (χ2n) is 4.93. The summed E-state index contributed by atoms with van der Waals surface area (Å²) in [7, 11) is -3.07. The molecule has 1 rings (SSSR count). The predicted molar refractivity (Wildman–Crippen MR) is 89.2 cm³/mol. The summed E-state index contributed by atoms with van der Waals surface area (Å²) in [6.07, 6.45) is 1.00. The number of rotatable bonds is 8. The summed E-state index contributed by atoms with van der Waals surface area (Å²) in [4.78, 5) is 0. The number of hydrogen-bond donors (Lipinski definition) is 0. The van der Waals surface area contributed by atoms with E-state index in [1.165, 1.54) is 6.07 Å². The third-order valence-corrected chi connectivity index (χ3v) is 7.37. The molecular formula is C14H19Br2FO2S. The van der Waals surface area contributed by atoms with Crippen LogP contribution in [0.5, 0.6) is 0 Å². The molecule has 0 radical (unpaired) electrons. The van der Waals surface area contributed by atoms with E-state index >= 15 is 0 Å². The van der Waals surface area contributed by atoms with Crippen LogP contribution >= 0.6 is 31.9 Å². The molecule has 0 atom stereocenters. The van der Waals surface area contributed by atoms with Crippen molar-refractivity contribution < 1.29 is 12.8 Å². The van der Waals surface area contributed by atoms with Gasteiger partial charge in [-0.05, 0) is 24.5 Å². The normalized spacial score (nSPS) is 12.6. The van der Waals surface area contributed by atoms with E-state index in [1.54, 1.807) is 18.2 Å². The van der Waals surface area contributed by atoms with Gasteiger partial charge in [0.05, 0.1) is 5.75 Å². The first-order valence-electron chi connectivity index (χ1n) is 6.48. The molecule has 0 fully saturated rings. The summed E-state index contributed by atoms with van der Waals surface area (Å²) in [5.41, 5.74) is 0.00652. The molecule has 0 spiro atoms. The molecule has 2 nitrogen and oxygen atoms in total. The zero-order chi connectivity index (χ0) is 15.2. The second-order valence-corrected chi connectivity index (χ2v) is 8.35. The van der Waals surface area contributed by atoms with Crippen molar-refractivity contribution in [2.24, 2.45) is 0 Å². The molecule has 0 heterocycles. The van der Waals surface area contributed by atoms with Gasteiger partial charge in [0.15, 0.2) is 0 Å². The van der Waals surface area contributed by atoms with Crippen molar-refractivity contribution in [3.05, 3.63) is 35.6 Å². The smallest absolute Gasteiger partial charge is 0.150 e. The zero-order valence-corrected chi connectivity index (χ0v) is 15.4. The largest absolute Gasteiger partial charge is 0.229 e. The molecule has 0 unspecified atom stereocenters. The van der Waals surface area contributed by atoms with Gasteiger partial charge in [-0.3, -0.25) is 0 Å². The molecule has 20 heavy (non-hydrogen) atoms. The Morgan fingerprint density at radius 2 is 1.75 bits per heavy atom. The lowest BCUT2D eigenvalue weighted by Gasteiger charge is -2.31. The molecule has 0 saturated heterocycles. The molecule has 0 aliphatic carbocycles. The first-order chi connectivity index (χ1) is 9.40. The van der Waals surface area contributed by atoms with Gasteiger partial charge in [0.2, 0.25) is 0 Å². The van der Waals surface area contributed by atoms with Crippen molar-refractivity contribution in [1.82, 2.24) is 0 Å². The van der Waals surface area contributed by atoms with E-state index in [4.69, 9.17) is 0 Å². The van der Waals surface area contributed by atoms with Crippen molar-refractivity contribution in [3.8, 4) is 0 Å².